The molecule has 32 heavy (non-hydrogen) atoms. The van der Waals surface area contributed by atoms with E-state index in [1.54, 1.807) is 0 Å². The van der Waals surface area contributed by atoms with Gasteiger partial charge < -0.3 is 9.84 Å². The smallest absolute Gasteiger partial charge is 0.330 e. The van der Waals surface area contributed by atoms with Crippen LogP contribution in [0.25, 0.3) is 10.8 Å². The van der Waals surface area contributed by atoms with Gasteiger partial charge in [0, 0.05) is 11.0 Å². The molecule has 4 aromatic carbocycles. The van der Waals surface area contributed by atoms with Crippen LogP contribution < -0.4 is 4.74 Å². The maximum atomic E-state index is 9.60. The van der Waals surface area contributed by atoms with E-state index in [9.17, 15) is 4.79 Å². The average molecular weight is 423 g/mol. The van der Waals surface area contributed by atoms with Crippen LogP contribution in [0.15, 0.2) is 109 Å². The van der Waals surface area contributed by atoms with Crippen molar-refractivity contribution in [2.24, 2.45) is 0 Å². The van der Waals surface area contributed by atoms with Gasteiger partial charge in [-0.3, -0.25) is 0 Å². The van der Waals surface area contributed by atoms with Crippen molar-refractivity contribution in [3.05, 3.63) is 126 Å². The molecule has 1 heterocycles. The molecular formula is C29H26O3. The van der Waals surface area contributed by atoms with Crippen LogP contribution in [0.4, 0.5) is 0 Å². The number of rotatable bonds is 3. The second kappa shape index (κ2) is 9.11. The molecule has 0 aromatic heterocycles. The van der Waals surface area contributed by atoms with E-state index in [4.69, 9.17) is 9.84 Å². The van der Waals surface area contributed by atoms with Crippen molar-refractivity contribution in [1.29, 1.82) is 0 Å². The summed E-state index contributed by atoms with van der Waals surface area (Å²) in [4.78, 5) is 9.60. The topological polar surface area (TPSA) is 46.5 Å². The normalized spacial score (nSPS) is 13.8. The Labute approximate surface area is 188 Å². The summed E-state index contributed by atoms with van der Waals surface area (Å²) < 4.78 is 6.46. The number of benzene rings is 4. The van der Waals surface area contributed by atoms with Gasteiger partial charge in [0.15, 0.2) is 0 Å². The first-order valence-corrected chi connectivity index (χ1v) is 10.6. The predicted octanol–water partition coefficient (Wildman–Crippen LogP) is 6.41. The van der Waals surface area contributed by atoms with E-state index < -0.39 is 5.97 Å². The molecule has 4 aromatic rings. The first-order valence-electron chi connectivity index (χ1n) is 10.6. The van der Waals surface area contributed by atoms with Gasteiger partial charge in [0.25, 0.3) is 0 Å². The van der Waals surface area contributed by atoms with Crippen LogP contribution in [0.3, 0.4) is 0 Å². The number of ether oxygens (including phenoxy) is 1. The molecule has 3 heteroatoms. The fourth-order valence-corrected chi connectivity index (χ4v) is 4.22. The lowest BCUT2D eigenvalue weighted by molar-refractivity contribution is -0.132. The highest BCUT2D eigenvalue weighted by Gasteiger charge is 2.39. The lowest BCUT2D eigenvalue weighted by Gasteiger charge is -2.39. The Bertz CT molecular complexity index is 1190. The van der Waals surface area contributed by atoms with Gasteiger partial charge in [0.2, 0.25) is 0 Å². The third-order valence-corrected chi connectivity index (χ3v) is 5.93. The van der Waals surface area contributed by atoms with Crippen molar-refractivity contribution >= 4 is 16.7 Å². The fraction of sp³-hybridized carbons (Fsp3) is 0.138. The van der Waals surface area contributed by atoms with Crippen LogP contribution in [-0.2, 0) is 16.6 Å². The van der Waals surface area contributed by atoms with Crippen LogP contribution >= 0.6 is 0 Å². The summed E-state index contributed by atoms with van der Waals surface area (Å²) in [6, 6.07) is 34.5. The van der Waals surface area contributed by atoms with Crippen LogP contribution in [0.2, 0.25) is 0 Å². The molecule has 0 bridgehead atoms. The fourth-order valence-electron chi connectivity index (χ4n) is 4.22. The Morgan fingerprint density at radius 3 is 1.94 bits per heavy atom. The molecule has 3 nitrogen and oxygen atoms in total. The lowest BCUT2D eigenvalue weighted by atomic mass is 9.69. The third kappa shape index (κ3) is 4.15. The van der Waals surface area contributed by atoms with Gasteiger partial charge in [0.1, 0.15) is 12.4 Å². The summed E-state index contributed by atoms with van der Waals surface area (Å²) in [5.41, 5.74) is 3.92. The average Bonchev–Trinajstić information content (AvgIpc) is 2.85. The van der Waals surface area contributed by atoms with Gasteiger partial charge >= 0.3 is 5.97 Å². The monoisotopic (exact) mass is 422 g/mol. The SMILES string of the molecule is C=C(C)C(=O)O.c1ccc(C2(c3ccccc3)COc3c(ccc4ccccc34)C2)cc1. The third-order valence-electron chi connectivity index (χ3n) is 5.93. The second-order valence-corrected chi connectivity index (χ2v) is 8.14. The van der Waals surface area contributed by atoms with E-state index in [0.29, 0.717) is 6.61 Å². The van der Waals surface area contributed by atoms with Gasteiger partial charge in [0.05, 0.1) is 5.41 Å². The first kappa shape index (κ1) is 21.4. The molecular weight excluding hydrogens is 396 g/mol. The highest BCUT2D eigenvalue weighted by molar-refractivity contribution is 5.90. The van der Waals surface area contributed by atoms with Crippen molar-refractivity contribution in [1.82, 2.24) is 0 Å². The predicted molar refractivity (Wildman–Crippen MR) is 129 cm³/mol. The molecule has 0 unspecified atom stereocenters. The highest BCUT2D eigenvalue weighted by Crippen LogP contribution is 2.44. The molecule has 5 rings (SSSR count). The minimum Gasteiger partial charge on any atom is -0.491 e. The maximum absolute atomic E-state index is 9.60. The Balaban J connectivity index is 0.000000363. The number of carboxylic acids is 1. The molecule has 0 saturated heterocycles. The molecule has 0 saturated carbocycles. The molecule has 0 aliphatic carbocycles. The van der Waals surface area contributed by atoms with E-state index in [1.165, 1.54) is 34.4 Å². The molecule has 0 amide bonds. The van der Waals surface area contributed by atoms with E-state index in [1.807, 2.05) is 0 Å². The van der Waals surface area contributed by atoms with Crippen molar-refractivity contribution in [2.45, 2.75) is 18.8 Å². The Hall–Kier alpha value is -3.85. The largest absolute Gasteiger partial charge is 0.491 e. The lowest BCUT2D eigenvalue weighted by Crippen LogP contribution is -2.40. The summed E-state index contributed by atoms with van der Waals surface area (Å²) in [5.74, 6) is 0.112. The summed E-state index contributed by atoms with van der Waals surface area (Å²) in [5, 5.41) is 10.3. The van der Waals surface area contributed by atoms with Crippen molar-refractivity contribution in [3.8, 4) is 5.75 Å². The zero-order valence-corrected chi connectivity index (χ0v) is 18.1. The number of aliphatic carboxylic acids is 1. The van der Waals surface area contributed by atoms with Crippen molar-refractivity contribution in [2.75, 3.05) is 6.61 Å². The summed E-state index contributed by atoms with van der Waals surface area (Å²) in [7, 11) is 0. The second-order valence-electron chi connectivity index (χ2n) is 8.14. The number of carbonyl (C=O) groups is 1. The zero-order chi connectivity index (χ0) is 22.6. The molecule has 0 fully saturated rings. The first-order chi connectivity index (χ1) is 15.5. The van der Waals surface area contributed by atoms with E-state index >= 15 is 0 Å². The quantitative estimate of drug-likeness (QED) is 0.388. The van der Waals surface area contributed by atoms with E-state index in [0.717, 1.165) is 12.2 Å². The Morgan fingerprint density at radius 2 is 1.38 bits per heavy atom. The highest BCUT2D eigenvalue weighted by atomic mass is 16.5. The van der Waals surface area contributed by atoms with E-state index in [2.05, 4.69) is 104 Å². The van der Waals surface area contributed by atoms with Gasteiger partial charge in [-0.05, 0) is 35.4 Å². The van der Waals surface area contributed by atoms with Crippen LogP contribution in [-0.4, -0.2) is 17.7 Å². The minimum atomic E-state index is -0.935. The molecule has 0 radical (unpaired) electrons. The van der Waals surface area contributed by atoms with Crippen LogP contribution in [0.1, 0.15) is 23.6 Å². The minimum absolute atomic E-state index is 0.155. The van der Waals surface area contributed by atoms with Gasteiger partial charge in [-0.2, -0.15) is 0 Å². The van der Waals surface area contributed by atoms with Gasteiger partial charge in [-0.1, -0.05) is 104 Å². The number of fused-ring (bicyclic) bond motifs is 3. The number of carboxylic acid groups (broad SMARTS) is 1. The van der Waals surface area contributed by atoms with Gasteiger partial charge in [-0.25, -0.2) is 4.79 Å². The van der Waals surface area contributed by atoms with Crippen LogP contribution in [0.5, 0.6) is 5.75 Å². The summed E-state index contributed by atoms with van der Waals surface area (Å²) in [6.45, 7) is 5.26. The summed E-state index contributed by atoms with van der Waals surface area (Å²) >= 11 is 0. The van der Waals surface area contributed by atoms with E-state index in [-0.39, 0.29) is 11.0 Å². The molecule has 0 spiro atoms. The molecule has 1 N–H and O–H groups in total. The van der Waals surface area contributed by atoms with Crippen molar-refractivity contribution in [3.63, 3.8) is 0 Å². The number of hydrogen-bond acceptors (Lipinski definition) is 2. The number of hydrogen-bond donors (Lipinski definition) is 1. The molecule has 1 aliphatic rings. The van der Waals surface area contributed by atoms with Crippen molar-refractivity contribution < 1.29 is 14.6 Å². The van der Waals surface area contributed by atoms with Gasteiger partial charge in [-0.15, -0.1) is 0 Å². The Morgan fingerprint density at radius 1 is 0.844 bits per heavy atom. The molecule has 160 valence electrons. The standard InChI is InChI=1S/C25H20O.C4H6O2/c1-3-10-21(11-4-1)25(22-12-5-2-6-13-22)17-20-16-15-19-9-7-8-14-23(19)24(20)26-18-25;1-3(2)4(5)6/h1-16H,17-18H2;1H2,2H3,(H,5,6). The maximum Gasteiger partial charge on any atom is 0.330 e. The summed E-state index contributed by atoms with van der Waals surface area (Å²) in [6.07, 6.45) is 0.946. The van der Waals surface area contributed by atoms with Crippen LogP contribution in [0, 0.1) is 0 Å². The zero-order valence-electron chi connectivity index (χ0n) is 18.1. The Kier molecular flexibility index (Phi) is 6.09. The molecule has 0 atom stereocenters. The molecule has 1 aliphatic heterocycles.